The van der Waals surface area contributed by atoms with Crippen LogP contribution in [0.4, 0.5) is 5.69 Å². The lowest BCUT2D eigenvalue weighted by atomic mass is 9.70. The first-order valence-corrected chi connectivity index (χ1v) is 9.98. The summed E-state index contributed by atoms with van der Waals surface area (Å²) in [6.07, 6.45) is 5.15. The number of rotatable bonds is 2. The number of likely N-dealkylation sites (tertiary alicyclic amines) is 1. The zero-order valence-corrected chi connectivity index (χ0v) is 16.5. The molecule has 2 fully saturated rings. The quantitative estimate of drug-likeness (QED) is 0.752. The second-order valence-electron chi connectivity index (χ2n) is 8.21. The molecule has 1 amide bonds. The van der Waals surface area contributed by atoms with Crippen LogP contribution in [0.5, 0.6) is 0 Å². The highest BCUT2D eigenvalue weighted by atomic mass is 79.9. The van der Waals surface area contributed by atoms with E-state index in [4.69, 9.17) is 0 Å². The summed E-state index contributed by atoms with van der Waals surface area (Å²) >= 11 is 3.54. The van der Waals surface area contributed by atoms with Crippen molar-refractivity contribution in [2.24, 2.45) is 0 Å². The summed E-state index contributed by atoms with van der Waals surface area (Å²) in [6, 6.07) is 8.83. The first-order valence-electron chi connectivity index (χ1n) is 9.19. The number of nitrogens with zero attached hydrogens (tertiary/aromatic N) is 3. The molecule has 0 spiro atoms. The lowest BCUT2D eigenvalue weighted by molar-refractivity contribution is -0.123. The van der Waals surface area contributed by atoms with Gasteiger partial charge in [-0.25, -0.2) is 0 Å². The summed E-state index contributed by atoms with van der Waals surface area (Å²) < 4.78 is 0.989. The number of nitriles is 1. The summed E-state index contributed by atoms with van der Waals surface area (Å²) in [4.78, 5) is 17.5. The SMILES string of the molecule is CC1(C)C(=O)N([C@H]2C[C@@](C#N)(N3CCCCC3)C2)c2cc(Br)ccc21. The molecule has 0 atom stereocenters. The van der Waals surface area contributed by atoms with E-state index in [-0.39, 0.29) is 17.5 Å². The summed E-state index contributed by atoms with van der Waals surface area (Å²) in [5.74, 6) is 0.163. The molecule has 132 valence electrons. The lowest BCUT2D eigenvalue weighted by Gasteiger charge is -2.53. The Hall–Kier alpha value is -1.38. The number of benzene rings is 1. The minimum atomic E-state index is -0.494. The Kier molecular flexibility index (Phi) is 3.97. The number of hydrogen-bond acceptors (Lipinski definition) is 3. The molecule has 1 aromatic carbocycles. The van der Waals surface area contributed by atoms with Gasteiger partial charge in [0, 0.05) is 29.0 Å². The summed E-state index contributed by atoms with van der Waals surface area (Å²) in [5, 5.41) is 9.85. The van der Waals surface area contributed by atoms with Crippen LogP contribution >= 0.6 is 15.9 Å². The molecule has 0 bridgehead atoms. The van der Waals surface area contributed by atoms with E-state index in [1.165, 1.54) is 19.3 Å². The van der Waals surface area contributed by atoms with E-state index in [1.54, 1.807) is 0 Å². The van der Waals surface area contributed by atoms with E-state index in [0.717, 1.165) is 41.7 Å². The zero-order chi connectivity index (χ0) is 17.8. The predicted octanol–water partition coefficient (Wildman–Crippen LogP) is 3.98. The van der Waals surface area contributed by atoms with Crippen molar-refractivity contribution in [2.75, 3.05) is 18.0 Å². The van der Waals surface area contributed by atoms with Gasteiger partial charge in [-0.1, -0.05) is 28.4 Å². The highest BCUT2D eigenvalue weighted by Crippen LogP contribution is 2.50. The fraction of sp³-hybridized carbons (Fsp3) is 0.600. The summed E-state index contributed by atoms with van der Waals surface area (Å²) in [7, 11) is 0. The third-order valence-electron chi connectivity index (χ3n) is 6.33. The molecule has 0 radical (unpaired) electrons. The molecule has 0 unspecified atom stereocenters. The van der Waals surface area contributed by atoms with Crippen molar-refractivity contribution in [3.8, 4) is 6.07 Å². The number of piperidine rings is 1. The summed E-state index contributed by atoms with van der Waals surface area (Å²) in [5.41, 5.74) is 1.24. The van der Waals surface area contributed by atoms with Gasteiger partial charge in [0.15, 0.2) is 0 Å². The Balaban J connectivity index is 1.61. The Morgan fingerprint density at radius 1 is 1.20 bits per heavy atom. The fourth-order valence-corrected chi connectivity index (χ4v) is 5.11. The smallest absolute Gasteiger partial charge is 0.237 e. The van der Waals surface area contributed by atoms with Gasteiger partial charge in [-0.2, -0.15) is 5.26 Å². The van der Waals surface area contributed by atoms with E-state index in [2.05, 4.69) is 39.0 Å². The molecule has 1 saturated carbocycles. The van der Waals surface area contributed by atoms with Crippen molar-refractivity contribution in [2.45, 2.75) is 62.9 Å². The molecular weight excluding hydrogens is 378 g/mol. The molecule has 0 aromatic heterocycles. The Morgan fingerprint density at radius 2 is 1.88 bits per heavy atom. The average Bonchev–Trinajstić information content (AvgIpc) is 2.75. The highest BCUT2D eigenvalue weighted by Gasteiger charge is 2.56. The van der Waals surface area contributed by atoms with Crippen molar-refractivity contribution >= 4 is 27.5 Å². The summed E-state index contributed by atoms with van der Waals surface area (Å²) in [6.45, 7) is 6.04. The monoisotopic (exact) mass is 401 g/mol. The normalized spacial score (nSPS) is 31.4. The van der Waals surface area contributed by atoms with Crippen LogP contribution in [-0.4, -0.2) is 35.5 Å². The van der Waals surface area contributed by atoms with Crippen molar-refractivity contribution in [1.82, 2.24) is 4.90 Å². The maximum absolute atomic E-state index is 13.1. The molecule has 0 N–H and O–H groups in total. The standard InChI is InChI=1S/C20H24BrN3O/c1-19(2)16-7-6-14(21)10-17(16)24(18(19)25)15-11-20(12-15,13-22)23-8-4-3-5-9-23/h6-7,10,15H,3-5,8-9,11-12H2,1-2H3/t15-,20+. The molecule has 25 heavy (non-hydrogen) atoms. The minimum absolute atomic E-state index is 0.129. The van der Waals surface area contributed by atoms with Crippen molar-refractivity contribution in [1.29, 1.82) is 5.26 Å². The molecule has 1 saturated heterocycles. The lowest BCUT2D eigenvalue weighted by Crippen LogP contribution is -2.64. The van der Waals surface area contributed by atoms with E-state index in [9.17, 15) is 10.1 Å². The number of carbonyl (C=O) groups excluding carboxylic acids is 1. The van der Waals surface area contributed by atoms with E-state index < -0.39 is 5.41 Å². The van der Waals surface area contributed by atoms with Crippen LogP contribution in [0.1, 0.15) is 51.5 Å². The number of halogens is 1. The molecule has 4 rings (SSSR count). The van der Waals surface area contributed by atoms with Gasteiger partial charge in [0.05, 0.1) is 11.5 Å². The molecular formula is C20H24BrN3O. The second kappa shape index (κ2) is 5.82. The number of anilines is 1. The van der Waals surface area contributed by atoms with Crippen LogP contribution in [0.15, 0.2) is 22.7 Å². The van der Waals surface area contributed by atoms with E-state index in [0.29, 0.717) is 0 Å². The molecule has 2 heterocycles. The van der Waals surface area contributed by atoms with Gasteiger partial charge in [0.2, 0.25) is 5.91 Å². The third-order valence-corrected chi connectivity index (χ3v) is 6.82. The second-order valence-corrected chi connectivity index (χ2v) is 9.13. The number of fused-ring (bicyclic) bond motifs is 1. The van der Waals surface area contributed by atoms with Gasteiger partial charge in [0.25, 0.3) is 0 Å². The molecule has 5 heteroatoms. The van der Waals surface area contributed by atoms with Gasteiger partial charge < -0.3 is 4.90 Å². The fourth-order valence-electron chi connectivity index (χ4n) is 4.77. The van der Waals surface area contributed by atoms with Gasteiger partial charge in [-0.05, 0) is 57.5 Å². The molecule has 1 aliphatic carbocycles. The number of carbonyl (C=O) groups is 1. The molecule has 4 nitrogen and oxygen atoms in total. The van der Waals surface area contributed by atoms with Crippen LogP contribution in [0.25, 0.3) is 0 Å². The molecule has 2 aliphatic heterocycles. The van der Waals surface area contributed by atoms with Gasteiger partial charge in [0.1, 0.15) is 5.54 Å². The third kappa shape index (κ3) is 2.45. The van der Waals surface area contributed by atoms with E-state index in [1.807, 2.05) is 24.8 Å². The molecule has 1 aromatic rings. The largest absolute Gasteiger partial charge is 0.308 e. The van der Waals surface area contributed by atoms with Crippen LogP contribution in [0, 0.1) is 11.3 Å². The minimum Gasteiger partial charge on any atom is -0.308 e. The zero-order valence-electron chi connectivity index (χ0n) is 14.9. The maximum atomic E-state index is 13.1. The Labute approximate surface area is 157 Å². The first-order chi connectivity index (χ1) is 11.9. The van der Waals surface area contributed by atoms with Crippen molar-refractivity contribution < 1.29 is 4.79 Å². The van der Waals surface area contributed by atoms with Gasteiger partial charge in [-0.15, -0.1) is 0 Å². The van der Waals surface area contributed by atoms with Crippen LogP contribution in [-0.2, 0) is 10.2 Å². The van der Waals surface area contributed by atoms with Crippen LogP contribution in [0.3, 0.4) is 0 Å². The predicted molar refractivity (Wildman–Crippen MR) is 101 cm³/mol. The topological polar surface area (TPSA) is 47.3 Å². The first kappa shape index (κ1) is 17.1. The van der Waals surface area contributed by atoms with Gasteiger partial charge >= 0.3 is 0 Å². The van der Waals surface area contributed by atoms with Gasteiger partial charge in [-0.3, -0.25) is 9.69 Å². The number of hydrogen-bond donors (Lipinski definition) is 0. The van der Waals surface area contributed by atoms with Crippen molar-refractivity contribution in [3.63, 3.8) is 0 Å². The highest BCUT2D eigenvalue weighted by molar-refractivity contribution is 9.10. The van der Waals surface area contributed by atoms with Crippen LogP contribution in [0.2, 0.25) is 0 Å². The molecule has 3 aliphatic rings. The van der Waals surface area contributed by atoms with E-state index >= 15 is 0 Å². The number of amides is 1. The Morgan fingerprint density at radius 3 is 2.52 bits per heavy atom. The maximum Gasteiger partial charge on any atom is 0.237 e. The van der Waals surface area contributed by atoms with Crippen molar-refractivity contribution in [3.05, 3.63) is 28.2 Å². The average molecular weight is 402 g/mol. The van der Waals surface area contributed by atoms with Crippen LogP contribution < -0.4 is 4.90 Å². The Bertz CT molecular complexity index is 755.